The quantitative estimate of drug-likeness (QED) is 0.372. The summed E-state index contributed by atoms with van der Waals surface area (Å²) in [7, 11) is 0. The van der Waals surface area contributed by atoms with E-state index in [4.69, 9.17) is 4.74 Å². The number of nitriles is 1. The lowest BCUT2D eigenvalue weighted by molar-refractivity contribution is -0.258. The van der Waals surface area contributed by atoms with Crippen molar-refractivity contribution in [2.45, 2.75) is 45.4 Å². The molecule has 2 aromatic carbocycles. The summed E-state index contributed by atoms with van der Waals surface area (Å²) in [6.07, 6.45) is -3.19. The van der Waals surface area contributed by atoms with Crippen LogP contribution in [0.2, 0.25) is 0 Å². The van der Waals surface area contributed by atoms with Gasteiger partial charge in [-0.15, -0.1) is 0 Å². The van der Waals surface area contributed by atoms with Gasteiger partial charge in [-0.05, 0) is 54.5 Å². The molecule has 3 rings (SSSR count). The standard InChI is InChI=1S/C25H31N3O5/c1-4-28(5-2)20-9-8-17-10-16(6-7-18(17)12-20)11-19(13-26)24(31)27-14-21-23(30)22(29)15(3)25(32)33-21/h6-12,15,21-23,25,29-30,32H,4-5,14H2,1-3H3,(H,27,31)/b19-11+/t15-,21-,22-,23-,25?/m1/s1. The van der Waals surface area contributed by atoms with Gasteiger partial charge in [0.2, 0.25) is 0 Å². The van der Waals surface area contributed by atoms with Crippen LogP contribution in [0.4, 0.5) is 5.69 Å². The molecule has 1 unspecified atom stereocenters. The molecule has 0 radical (unpaired) electrons. The van der Waals surface area contributed by atoms with E-state index in [-0.39, 0.29) is 12.1 Å². The molecule has 8 nitrogen and oxygen atoms in total. The Morgan fingerprint density at radius 3 is 2.45 bits per heavy atom. The van der Waals surface area contributed by atoms with Crippen molar-refractivity contribution in [2.24, 2.45) is 5.92 Å². The second-order valence-electron chi connectivity index (χ2n) is 8.25. The number of hydrogen-bond donors (Lipinski definition) is 4. The fourth-order valence-corrected chi connectivity index (χ4v) is 3.98. The Balaban J connectivity index is 1.72. The van der Waals surface area contributed by atoms with E-state index in [0.29, 0.717) is 5.56 Å². The predicted molar refractivity (Wildman–Crippen MR) is 126 cm³/mol. The number of ether oxygens (including phenoxy) is 1. The first-order chi connectivity index (χ1) is 15.8. The van der Waals surface area contributed by atoms with Gasteiger partial charge in [-0.1, -0.05) is 25.1 Å². The van der Waals surface area contributed by atoms with E-state index in [0.717, 1.165) is 29.5 Å². The molecule has 8 heteroatoms. The van der Waals surface area contributed by atoms with Gasteiger partial charge in [-0.2, -0.15) is 5.26 Å². The topological polar surface area (TPSA) is 126 Å². The average molecular weight is 454 g/mol. The first-order valence-electron chi connectivity index (χ1n) is 11.2. The van der Waals surface area contributed by atoms with Crippen LogP contribution in [0.5, 0.6) is 0 Å². The van der Waals surface area contributed by atoms with E-state index < -0.39 is 36.4 Å². The number of benzene rings is 2. The number of nitrogens with one attached hydrogen (secondary N) is 1. The smallest absolute Gasteiger partial charge is 0.262 e. The molecule has 5 atom stereocenters. The number of aliphatic hydroxyl groups excluding tert-OH is 3. The van der Waals surface area contributed by atoms with Gasteiger partial charge in [-0.25, -0.2) is 0 Å². The van der Waals surface area contributed by atoms with E-state index in [1.807, 2.05) is 30.3 Å². The van der Waals surface area contributed by atoms with Gasteiger partial charge in [-0.3, -0.25) is 4.79 Å². The number of fused-ring (bicyclic) bond motifs is 1. The molecule has 1 fully saturated rings. The minimum Gasteiger partial charge on any atom is -0.390 e. The van der Waals surface area contributed by atoms with Gasteiger partial charge >= 0.3 is 0 Å². The molecule has 0 aromatic heterocycles. The number of amides is 1. The fraction of sp³-hybridized carbons (Fsp3) is 0.440. The van der Waals surface area contributed by atoms with Crippen molar-refractivity contribution < 1.29 is 24.9 Å². The summed E-state index contributed by atoms with van der Waals surface area (Å²) in [5.41, 5.74) is 1.75. The van der Waals surface area contributed by atoms with E-state index >= 15 is 0 Å². The highest BCUT2D eigenvalue weighted by Gasteiger charge is 2.41. The van der Waals surface area contributed by atoms with E-state index in [2.05, 4.69) is 36.2 Å². The largest absolute Gasteiger partial charge is 0.390 e. The number of anilines is 1. The molecule has 0 saturated carbocycles. The van der Waals surface area contributed by atoms with Crippen LogP contribution in [-0.2, 0) is 9.53 Å². The highest BCUT2D eigenvalue weighted by atomic mass is 16.6. The monoisotopic (exact) mass is 453 g/mol. The lowest BCUT2D eigenvalue weighted by Crippen LogP contribution is -2.56. The summed E-state index contributed by atoms with van der Waals surface area (Å²) in [4.78, 5) is 14.8. The van der Waals surface area contributed by atoms with Crippen molar-refractivity contribution in [3.05, 3.63) is 47.5 Å². The van der Waals surface area contributed by atoms with Gasteiger partial charge in [0, 0.05) is 31.2 Å². The zero-order valence-electron chi connectivity index (χ0n) is 19.1. The Kier molecular flexibility index (Phi) is 8.06. The highest BCUT2D eigenvalue weighted by molar-refractivity contribution is 6.02. The number of carbonyl (C=O) groups excluding carboxylic acids is 1. The Labute approximate surface area is 193 Å². The van der Waals surface area contributed by atoms with Crippen LogP contribution in [0.1, 0.15) is 26.3 Å². The third-order valence-corrected chi connectivity index (χ3v) is 6.15. The maximum Gasteiger partial charge on any atom is 0.262 e. The molecular formula is C25H31N3O5. The number of hydrogen-bond acceptors (Lipinski definition) is 7. The van der Waals surface area contributed by atoms with Crippen LogP contribution in [-0.4, -0.2) is 65.5 Å². The summed E-state index contributed by atoms with van der Waals surface area (Å²) in [6.45, 7) is 7.46. The molecule has 176 valence electrons. The van der Waals surface area contributed by atoms with Crippen LogP contribution in [0.25, 0.3) is 16.8 Å². The van der Waals surface area contributed by atoms with Crippen LogP contribution < -0.4 is 10.2 Å². The molecule has 1 aliphatic rings. The molecule has 1 heterocycles. The number of carbonyl (C=O) groups is 1. The van der Waals surface area contributed by atoms with Gasteiger partial charge in [0.25, 0.3) is 5.91 Å². The van der Waals surface area contributed by atoms with Gasteiger partial charge in [0.15, 0.2) is 6.29 Å². The zero-order valence-corrected chi connectivity index (χ0v) is 19.1. The first-order valence-corrected chi connectivity index (χ1v) is 11.2. The van der Waals surface area contributed by atoms with Crippen LogP contribution in [0, 0.1) is 17.2 Å². The molecule has 0 aliphatic carbocycles. The van der Waals surface area contributed by atoms with E-state index in [1.165, 1.54) is 6.08 Å². The van der Waals surface area contributed by atoms with Crippen molar-refractivity contribution in [2.75, 3.05) is 24.5 Å². The highest BCUT2D eigenvalue weighted by Crippen LogP contribution is 2.25. The molecule has 1 amide bonds. The molecule has 0 bridgehead atoms. The van der Waals surface area contributed by atoms with Crippen molar-refractivity contribution in [1.82, 2.24) is 5.32 Å². The summed E-state index contributed by atoms with van der Waals surface area (Å²) in [5.74, 6) is -1.29. The van der Waals surface area contributed by atoms with Crippen molar-refractivity contribution in [3.63, 3.8) is 0 Å². The number of aliphatic hydroxyl groups is 3. The van der Waals surface area contributed by atoms with Crippen molar-refractivity contribution in [3.8, 4) is 6.07 Å². The zero-order chi connectivity index (χ0) is 24.1. The Hall–Kier alpha value is -2.96. The Morgan fingerprint density at radius 2 is 1.79 bits per heavy atom. The minimum atomic E-state index is -1.26. The predicted octanol–water partition coefficient (Wildman–Crippen LogP) is 1.78. The van der Waals surface area contributed by atoms with Gasteiger partial charge < -0.3 is 30.3 Å². The van der Waals surface area contributed by atoms with Gasteiger partial charge in [0.05, 0.1) is 6.10 Å². The SMILES string of the molecule is CCN(CC)c1ccc2cc(/C=C(\C#N)C(=O)NC[C@H]3OC(O)[C@H](C)[C@@H](O)[C@@H]3O)ccc2c1. The summed E-state index contributed by atoms with van der Waals surface area (Å²) < 4.78 is 5.28. The summed E-state index contributed by atoms with van der Waals surface area (Å²) in [5, 5.41) is 44.1. The maximum absolute atomic E-state index is 12.5. The fourth-order valence-electron chi connectivity index (χ4n) is 3.98. The second-order valence-corrected chi connectivity index (χ2v) is 8.25. The molecule has 4 N–H and O–H groups in total. The van der Waals surface area contributed by atoms with Crippen LogP contribution >= 0.6 is 0 Å². The summed E-state index contributed by atoms with van der Waals surface area (Å²) >= 11 is 0. The van der Waals surface area contributed by atoms with Crippen molar-refractivity contribution >= 4 is 28.4 Å². The minimum absolute atomic E-state index is 0.103. The van der Waals surface area contributed by atoms with Crippen molar-refractivity contribution in [1.29, 1.82) is 5.26 Å². The molecule has 0 spiro atoms. The molecule has 1 saturated heterocycles. The van der Waals surface area contributed by atoms with Gasteiger partial charge in [0.1, 0.15) is 23.9 Å². The third-order valence-electron chi connectivity index (χ3n) is 6.15. The second kappa shape index (κ2) is 10.8. The Morgan fingerprint density at radius 1 is 1.12 bits per heavy atom. The van der Waals surface area contributed by atoms with E-state index in [1.54, 1.807) is 6.92 Å². The third kappa shape index (κ3) is 5.52. The van der Waals surface area contributed by atoms with Crippen LogP contribution in [0.15, 0.2) is 42.0 Å². The normalized spacial score (nSPS) is 25.5. The summed E-state index contributed by atoms with van der Waals surface area (Å²) in [6, 6.07) is 13.8. The lowest BCUT2D eigenvalue weighted by Gasteiger charge is -2.39. The first kappa shape index (κ1) is 24.7. The maximum atomic E-state index is 12.5. The number of nitrogens with zero attached hydrogens (tertiary/aromatic N) is 2. The lowest BCUT2D eigenvalue weighted by atomic mass is 9.92. The molecule has 2 aromatic rings. The number of rotatable bonds is 7. The molecule has 1 aliphatic heterocycles. The molecular weight excluding hydrogens is 422 g/mol. The average Bonchev–Trinajstić information content (AvgIpc) is 2.83. The Bertz CT molecular complexity index is 1060. The molecule has 33 heavy (non-hydrogen) atoms. The van der Waals surface area contributed by atoms with E-state index in [9.17, 15) is 25.4 Å². The van der Waals surface area contributed by atoms with Crippen LogP contribution in [0.3, 0.4) is 0 Å².